The lowest BCUT2D eigenvalue weighted by Crippen LogP contribution is -2.45. The highest BCUT2D eigenvalue weighted by Gasteiger charge is 2.34. The van der Waals surface area contributed by atoms with Crippen LogP contribution in [0.5, 0.6) is 0 Å². The number of ketones is 1. The fourth-order valence-electron chi connectivity index (χ4n) is 4.81. The van der Waals surface area contributed by atoms with E-state index in [1.165, 1.54) is 0 Å². The minimum Gasteiger partial charge on any atom is -0.372 e. The molecule has 1 aliphatic heterocycles. The van der Waals surface area contributed by atoms with Crippen LogP contribution in [0.2, 0.25) is 0 Å². The fourth-order valence-corrected chi connectivity index (χ4v) is 6.26. The Morgan fingerprint density at radius 1 is 1.06 bits per heavy atom. The number of carbonyl (C=O) groups is 1. The first-order valence-corrected chi connectivity index (χ1v) is 13.3. The summed E-state index contributed by atoms with van der Waals surface area (Å²) < 4.78 is 30.1. The summed E-state index contributed by atoms with van der Waals surface area (Å²) in [5.41, 5.74) is 2.22. The Labute approximate surface area is 188 Å². The van der Waals surface area contributed by atoms with Crippen molar-refractivity contribution >= 4 is 21.3 Å². The smallest absolute Gasteiger partial charge is 0.155 e. The maximum absolute atomic E-state index is 13.0. The van der Waals surface area contributed by atoms with Gasteiger partial charge in [0.05, 0.1) is 22.7 Å². The van der Waals surface area contributed by atoms with Crippen LogP contribution in [0.25, 0.3) is 0 Å². The Morgan fingerprint density at radius 2 is 1.68 bits per heavy atom. The zero-order valence-electron chi connectivity index (χ0n) is 19.8. The lowest BCUT2D eigenvalue weighted by molar-refractivity contribution is -0.123. The molecule has 1 saturated heterocycles. The molecular weight excluding hydrogens is 410 g/mol. The van der Waals surface area contributed by atoms with Gasteiger partial charge in [-0.1, -0.05) is 12.1 Å². The van der Waals surface area contributed by atoms with Gasteiger partial charge in [-0.05, 0) is 83.9 Å². The zero-order chi connectivity index (χ0) is 22.8. The fraction of sp³-hybridized carbons (Fsp3) is 0.720. The normalized spacial score (nSPS) is 27.8. The molecule has 0 amide bonds. The number of hydrogen-bond acceptors (Lipinski definition) is 5. The number of anilines is 1. The predicted octanol–water partition coefficient (Wildman–Crippen LogP) is 4.43. The molecule has 31 heavy (non-hydrogen) atoms. The van der Waals surface area contributed by atoms with Crippen molar-refractivity contribution in [3.63, 3.8) is 0 Å². The molecule has 0 unspecified atom stereocenters. The number of hydrogen-bond donors (Lipinski definition) is 0. The summed E-state index contributed by atoms with van der Waals surface area (Å²) in [7, 11) is -3.11. The van der Waals surface area contributed by atoms with Crippen LogP contribution in [0.4, 0.5) is 5.69 Å². The molecule has 2 fully saturated rings. The highest BCUT2D eigenvalue weighted by molar-refractivity contribution is 7.92. The van der Waals surface area contributed by atoms with Gasteiger partial charge in [0.15, 0.2) is 9.84 Å². The summed E-state index contributed by atoms with van der Waals surface area (Å²) in [6.07, 6.45) is 4.13. The number of nitrogens with zero attached hydrogens (tertiary/aromatic N) is 1. The molecule has 1 aliphatic carbocycles. The lowest BCUT2D eigenvalue weighted by atomic mass is 9.79. The quantitative estimate of drug-likeness (QED) is 0.643. The van der Waals surface area contributed by atoms with Gasteiger partial charge in [-0.2, -0.15) is 0 Å². The van der Waals surface area contributed by atoms with E-state index in [0.717, 1.165) is 50.0 Å². The lowest BCUT2D eigenvalue weighted by Gasteiger charge is -2.37. The molecule has 2 atom stereocenters. The second kappa shape index (κ2) is 9.62. The van der Waals surface area contributed by atoms with Gasteiger partial charge >= 0.3 is 0 Å². The summed E-state index contributed by atoms with van der Waals surface area (Å²) in [6, 6.07) is 8.33. The van der Waals surface area contributed by atoms with E-state index in [1.54, 1.807) is 20.8 Å². The molecular formula is C25H39NO4S. The molecule has 0 spiro atoms. The molecule has 6 heteroatoms. The van der Waals surface area contributed by atoms with Crippen LogP contribution in [-0.2, 0) is 25.8 Å². The number of morpholine rings is 1. The highest BCUT2D eigenvalue weighted by atomic mass is 32.2. The Hall–Kier alpha value is -1.40. The van der Waals surface area contributed by atoms with E-state index < -0.39 is 14.6 Å². The van der Waals surface area contributed by atoms with Crippen molar-refractivity contribution < 1.29 is 17.9 Å². The molecule has 0 N–H and O–H groups in total. The molecule has 0 bridgehead atoms. The van der Waals surface area contributed by atoms with Crippen molar-refractivity contribution in [3.8, 4) is 0 Å². The van der Waals surface area contributed by atoms with Crippen LogP contribution < -0.4 is 4.90 Å². The Morgan fingerprint density at radius 3 is 2.26 bits per heavy atom. The van der Waals surface area contributed by atoms with E-state index in [0.29, 0.717) is 6.42 Å². The van der Waals surface area contributed by atoms with Crippen LogP contribution in [-0.4, -0.2) is 50.0 Å². The van der Waals surface area contributed by atoms with Crippen molar-refractivity contribution in [1.29, 1.82) is 0 Å². The number of rotatable bonds is 6. The van der Waals surface area contributed by atoms with Crippen molar-refractivity contribution in [1.82, 2.24) is 0 Å². The summed E-state index contributed by atoms with van der Waals surface area (Å²) in [6.45, 7) is 11.2. The second-order valence-corrected chi connectivity index (χ2v) is 13.4. The number of ether oxygens (including phenoxy) is 1. The molecule has 0 radical (unpaired) electrons. The van der Waals surface area contributed by atoms with Crippen LogP contribution in [0.1, 0.15) is 65.9 Å². The molecule has 1 heterocycles. The largest absolute Gasteiger partial charge is 0.372 e. The molecule has 174 valence electrons. The third-order valence-corrected chi connectivity index (χ3v) is 9.54. The number of carbonyl (C=O) groups excluding carboxylic acids is 1. The standard InChI is InChI=1S/C25H39NO4S/c1-18-15-26(16-19(2)30-18)23-8-6-7-21(13-23)14-24(27)22-11-9-20(10-12-22)17-31(28,29)25(3,4)5/h6-8,13,18-20,22H,9-12,14-17H2,1-5H3/t18-,19+,20?,22?. The summed E-state index contributed by atoms with van der Waals surface area (Å²) in [5, 5.41) is 0. The van der Waals surface area contributed by atoms with E-state index in [9.17, 15) is 13.2 Å². The molecule has 0 aromatic heterocycles. The second-order valence-electron chi connectivity index (χ2n) is 10.6. The van der Waals surface area contributed by atoms with Gasteiger partial charge in [-0.25, -0.2) is 8.42 Å². The number of Topliss-reactive ketones (excluding diaryl/α,β-unsaturated/α-hetero) is 1. The first kappa shape index (κ1) is 24.2. The SMILES string of the molecule is C[C@@H]1CN(c2cccc(CC(=O)C3CCC(CS(=O)(=O)C(C)(C)C)CC3)c2)C[C@H](C)O1. The first-order chi connectivity index (χ1) is 14.4. The summed E-state index contributed by atoms with van der Waals surface area (Å²) in [5.74, 6) is 0.774. The van der Waals surface area contributed by atoms with E-state index in [1.807, 2.05) is 12.1 Å². The predicted molar refractivity (Wildman–Crippen MR) is 126 cm³/mol. The Balaban J connectivity index is 1.55. The topological polar surface area (TPSA) is 63.7 Å². The van der Waals surface area contributed by atoms with Crippen molar-refractivity contribution in [2.75, 3.05) is 23.7 Å². The minimum atomic E-state index is -3.11. The zero-order valence-corrected chi connectivity index (χ0v) is 20.6. The van der Waals surface area contributed by atoms with Crippen molar-refractivity contribution in [3.05, 3.63) is 29.8 Å². The molecule has 5 nitrogen and oxygen atoms in total. The van der Waals surface area contributed by atoms with Crippen LogP contribution in [0, 0.1) is 11.8 Å². The van der Waals surface area contributed by atoms with Gasteiger partial charge < -0.3 is 9.64 Å². The van der Waals surface area contributed by atoms with Crippen LogP contribution >= 0.6 is 0 Å². The van der Waals surface area contributed by atoms with Gasteiger partial charge in [-0.3, -0.25) is 4.79 Å². The van der Waals surface area contributed by atoms with E-state index >= 15 is 0 Å². The molecule has 2 aliphatic rings. The third kappa shape index (κ3) is 6.32. The highest BCUT2D eigenvalue weighted by Crippen LogP contribution is 2.33. The van der Waals surface area contributed by atoms with E-state index in [4.69, 9.17) is 4.74 Å². The van der Waals surface area contributed by atoms with Crippen LogP contribution in [0.15, 0.2) is 24.3 Å². The van der Waals surface area contributed by atoms with Gasteiger partial charge in [0.1, 0.15) is 5.78 Å². The van der Waals surface area contributed by atoms with Gasteiger partial charge in [0, 0.05) is 31.1 Å². The van der Waals surface area contributed by atoms with Gasteiger partial charge in [0.25, 0.3) is 0 Å². The number of sulfone groups is 1. The monoisotopic (exact) mass is 449 g/mol. The van der Waals surface area contributed by atoms with Gasteiger partial charge in [-0.15, -0.1) is 0 Å². The van der Waals surface area contributed by atoms with Crippen molar-refractivity contribution in [2.24, 2.45) is 11.8 Å². The molecule has 1 saturated carbocycles. The Bertz CT molecular complexity index is 856. The summed E-state index contributed by atoms with van der Waals surface area (Å²) >= 11 is 0. The van der Waals surface area contributed by atoms with Gasteiger partial charge in [0.2, 0.25) is 0 Å². The summed E-state index contributed by atoms with van der Waals surface area (Å²) in [4.78, 5) is 15.3. The molecule has 1 aromatic carbocycles. The average molecular weight is 450 g/mol. The maximum Gasteiger partial charge on any atom is 0.155 e. The van der Waals surface area contributed by atoms with E-state index in [2.05, 4.69) is 30.9 Å². The first-order valence-electron chi connectivity index (χ1n) is 11.7. The van der Waals surface area contributed by atoms with Crippen LogP contribution in [0.3, 0.4) is 0 Å². The number of benzene rings is 1. The third-order valence-electron chi connectivity index (χ3n) is 6.76. The average Bonchev–Trinajstić information content (AvgIpc) is 2.67. The maximum atomic E-state index is 13.0. The molecule has 3 rings (SSSR count). The van der Waals surface area contributed by atoms with Crippen molar-refractivity contribution in [2.45, 2.75) is 83.7 Å². The minimum absolute atomic E-state index is 0.0562. The van der Waals surface area contributed by atoms with E-state index in [-0.39, 0.29) is 35.6 Å². The molecule has 1 aromatic rings. The Kier molecular flexibility index (Phi) is 7.52.